The summed E-state index contributed by atoms with van der Waals surface area (Å²) in [6.07, 6.45) is 2.29. The van der Waals surface area contributed by atoms with Gasteiger partial charge in [-0.15, -0.1) is 0 Å². The van der Waals surface area contributed by atoms with Crippen molar-refractivity contribution in [3.05, 3.63) is 71.5 Å². The zero-order valence-electron chi connectivity index (χ0n) is 19.0. The quantitative estimate of drug-likeness (QED) is 0.387. The molecule has 2 heterocycles. The van der Waals surface area contributed by atoms with E-state index in [-0.39, 0.29) is 6.04 Å². The standard InChI is InChI=1S/C26H33N3O3/c1-3-27-26(29-19(2)25-16-22-6-4-5-7-24(22)32-25)28-17-20-8-10-21(11-9-20)18-31-23-12-14-30-15-13-23/h4-11,16,19,23H,3,12-15,17-18H2,1-2H3,(H2,27,28,29). The lowest BCUT2D eigenvalue weighted by atomic mass is 10.1. The molecular weight excluding hydrogens is 402 g/mol. The van der Waals surface area contributed by atoms with Crippen LogP contribution in [0.1, 0.15) is 49.6 Å². The first-order valence-electron chi connectivity index (χ1n) is 11.5. The molecule has 0 saturated carbocycles. The van der Waals surface area contributed by atoms with Gasteiger partial charge < -0.3 is 24.5 Å². The molecule has 1 fully saturated rings. The summed E-state index contributed by atoms with van der Waals surface area (Å²) in [5.74, 6) is 1.66. The van der Waals surface area contributed by atoms with E-state index < -0.39 is 0 Å². The van der Waals surface area contributed by atoms with Gasteiger partial charge in [0, 0.05) is 25.1 Å². The van der Waals surface area contributed by atoms with Gasteiger partial charge in [-0.1, -0.05) is 42.5 Å². The Bertz CT molecular complexity index is 974. The minimum atomic E-state index is 0.00455. The maximum Gasteiger partial charge on any atom is 0.192 e. The second-order valence-electron chi connectivity index (χ2n) is 8.19. The molecule has 6 heteroatoms. The van der Waals surface area contributed by atoms with Gasteiger partial charge in [-0.2, -0.15) is 0 Å². The number of furan rings is 1. The van der Waals surface area contributed by atoms with Crippen LogP contribution in [0.5, 0.6) is 0 Å². The van der Waals surface area contributed by atoms with Gasteiger partial charge in [-0.05, 0) is 49.9 Å². The topological polar surface area (TPSA) is 68.0 Å². The fourth-order valence-electron chi connectivity index (χ4n) is 3.78. The predicted octanol–water partition coefficient (Wildman–Crippen LogP) is 4.94. The Kier molecular flexibility index (Phi) is 7.80. The Morgan fingerprint density at radius 1 is 1.09 bits per heavy atom. The van der Waals surface area contributed by atoms with E-state index in [0.29, 0.717) is 19.3 Å². The summed E-state index contributed by atoms with van der Waals surface area (Å²) in [5, 5.41) is 7.88. The Labute approximate surface area is 190 Å². The molecule has 0 aliphatic carbocycles. The highest BCUT2D eigenvalue weighted by Gasteiger charge is 2.14. The number of hydrogen-bond donors (Lipinski definition) is 2. The molecule has 1 atom stereocenters. The van der Waals surface area contributed by atoms with Crippen LogP contribution in [0.3, 0.4) is 0 Å². The molecule has 1 saturated heterocycles. The zero-order valence-corrected chi connectivity index (χ0v) is 19.0. The molecule has 0 radical (unpaired) electrons. The summed E-state index contributed by atoms with van der Waals surface area (Å²) < 4.78 is 17.4. The average molecular weight is 436 g/mol. The largest absolute Gasteiger partial charge is 0.459 e. The van der Waals surface area contributed by atoms with Crippen molar-refractivity contribution in [1.29, 1.82) is 0 Å². The van der Waals surface area contributed by atoms with Crippen LogP contribution in [-0.2, 0) is 22.6 Å². The molecule has 2 aromatic carbocycles. The highest BCUT2D eigenvalue weighted by atomic mass is 16.5. The Hall–Kier alpha value is -2.83. The molecule has 1 aromatic heterocycles. The summed E-state index contributed by atoms with van der Waals surface area (Å²) in [6, 6.07) is 18.6. The fourth-order valence-corrected chi connectivity index (χ4v) is 3.78. The van der Waals surface area contributed by atoms with Crippen LogP contribution in [-0.4, -0.2) is 31.8 Å². The van der Waals surface area contributed by atoms with Crippen LogP contribution in [0.15, 0.2) is 64.0 Å². The first kappa shape index (κ1) is 22.4. The lowest BCUT2D eigenvalue weighted by Crippen LogP contribution is -2.38. The van der Waals surface area contributed by atoms with Gasteiger partial charge in [-0.3, -0.25) is 0 Å². The molecule has 0 amide bonds. The lowest BCUT2D eigenvalue weighted by Gasteiger charge is -2.22. The maximum absolute atomic E-state index is 6.01. The van der Waals surface area contributed by atoms with Gasteiger partial charge in [0.25, 0.3) is 0 Å². The molecule has 2 N–H and O–H groups in total. The van der Waals surface area contributed by atoms with Crippen LogP contribution in [0, 0.1) is 0 Å². The van der Waals surface area contributed by atoms with Gasteiger partial charge in [-0.25, -0.2) is 4.99 Å². The maximum atomic E-state index is 6.01. The molecule has 3 aromatic rings. The van der Waals surface area contributed by atoms with E-state index in [1.165, 1.54) is 5.56 Å². The molecular formula is C26H33N3O3. The van der Waals surface area contributed by atoms with Crippen LogP contribution >= 0.6 is 0 Å². The van der Waals surface area contributed by atoms with Gasteiger partial charge in [0.1, 0.15) is 11.3 Å². The third-order valence-corrected chi connectivity index (χ3v) is 5.67. The van der Waals surface area contributed by atoms with Crippen molar-refractivity contribution in [3.63, 3.8) is 0 Å². The van der Waals surface area contributed by atoms with Crippen molar-refractivity contribution in [1.82, 2.24) is 10.6 Å². The number of nitrogens with one attached hydrogen (secondary N) is 2. The number of ether oxygens (including phenoxy) is 2. The monoisotopic (exact) mass is 435 g/mol. The molecule has 1 unspecified atom stereocenters. The van der Waals surface area contributed by atoms with E-state index in [2.05, 4.69) is 60.9 Å². The summed E-state index contributed by atoms with van der Waals surface area (Å²) in [4.78, 5) is 4.76. The number of fused-ring (bicyclic) bond motifs is 1. The number of para-hydroxylation sites is 1. The van der Waals surface area contributed by atoms with Crippen LogP contribution in [0.25, 0.3) is 11.0 Å². The highest BCUT2D eigenvalue weighted by Crippen LogP contribution is 2.23. The summed E-state index contributed by atoms with van der Waals surface area (Å²) in [6.45, 7) is 7.80. The van der Waals surface area contributed by atoms with E-state index >= 15 is 0 Å². The Morgan fingerprint density at radius 2 is 1.84 bits per heavy atom. The third kappa shape index (κ3) is 6.11. The molecule has 6 nitrogen and oxygen atoms in total. The Balaban J connectivity index is 1.32. The molecule has 170 valence electrons. The average Bonchev–Trinajstić information content (AvgIpc) is 3.27. The van der Waals surface area contributed by atoms with Crippen molar-refractivity contribution in [2.75, 3.05) is 19.8 Å². The zero-order chi connectivity index (χ0) is 22.2. The summed E-state index contributed by atoms with van der Waals surface area (Å²) >= 11 is 0. The molecule has 1 aliphatic rings. The third-order valence-electron chi connectivity index (χ3n) is 5.67. The second-order valence-corrected chi connectivity index (χ2v) is 8.19. The van der Waals surface area contributed by atoms with Crippen LogP contribution in [0.4, 0.5) is 0 Å². The molecule has 32 heavy (non-hydrogen) atoms. The minimum absolute atomic E-state index is 0.00455. The summed E-state index contributed by atoms with van der Waals surface area (Å²) in [5.41, 5.74) is 3.25. The van der Waals surface area contributed by atoms with Crippen molar-refractivity contribution in [3.8, 4) is 0 Å². The molecule has 0 bridgehead atoms. The van der Waals surface area contributed by atoms with Crippen LogP contribution in [0.2, 0.25) is 0 Å². The van der Waals surface area contributed by atoms with Gasteiger partial charge in [0.2, 0.25) is 0 Å². The smallest absolute Gasteiger partial charge is 0.192 e. The van der Waals surface area contributed by atoms with Gasteiger partial charge in [0.15, 0.2) is 5.96 Å². The lowest BCUT2D eigenvalue weighted by molar-refractivity contribution is -0.0390. The van der Waals surface area contributed by atoms with E-state index in [1.807, 2.05) is 18.2 Å². The predicted molar refractivity (Wildman–Crippen MR) is 128 cm³/mol. The van der Waals surface area contributed by atoms with E-state index in [1.54, 1.807) is 0 Å². The van der Waals surface area contributed by atoms with E-state index in [0.717, 1.165) is 60.9 Å². The normalized spacial score (nSPS) is 16.2. The minimum Gasteiger partial charge on any atom is -0.459 e. The molecule has 0 spiro atoms. The van der Waals surface area contributed by atoms with Gasteiger partial charge in [0.05, 0.1) is 25.3 Å². The van der Waals surface area contributed by atoms with Crippen molar-refractivity contribution < 1.29 is 13.9 Å². The van der Waals surface area contributed by atoms with E-state index in [4.69, 9.17) is 18.9 Å². The molecule has 4 rings (SSSR count). The number of benzene rings is 2. The van der Waals surface area contributed by atoms with Crippen molar-refractivity contribution in [2.45, 2.75) is 52.0 Å². The fraction of sp³-hybridized carbons (Fsp3) is 0.423. The van der Waals surface area contributed by atoms with Crippen molar-refractivity contribution in [2.24, 2.45) is 4.99 Å². The SMILES string of the molecule is CCNC(=NCc1ccc(COC2CCOCC2)cc1)NC(C)c1cc2ccccc2o1. The number of aliphatic imine (C=N–C) groups is 1. The number of rotatable bonds is 8. The Morgan fingerprint density at radius 3 is 2.59 bits per heavy atom. The molecule has 1 aliphatic heterocycles. The first-order valence-corrected chi connectivity index (χ1v) is 11.5. The van der Waals surface area contributed by atoms with Crippen LogP contribution < -0.4 is 10.6 Å². The first-order chi connectivity index (χ1) is 15.7. The van der Waals surface area contributed by atoms with E-state index in [9.17, 15) is 0 Å². The second kappa shape index (κ2) is 11.2. The number of nitrogens with zero attached hydrogens (tertiary/aromatic N) is 1. The number of hydrogen-bond acceptors (Lipinski definition) is 4. The highest BCUT2D eigenvalue weighted by molar-refractivity contribution is 5.81. The summed E-state index contributed by atoms with van der Waals surface area (Å²) in [7, 11) is 0. The number of guanidine groups is 1. The van der Waals surface area contributed by atoms with Crippen molar-refractivity contribution >= 4 is 16.9 Å². The van der Waals surface area contributed by atoms with Gasteiger partial charge >= 0.3 is 0 Å².